The summed E-state index contributed by atoms with van der Waals surface area (Å²) in [6, 6.07) is 0. The van der Waals surface area contributed by atoms with Crippen molar-refractivity contribution >= 4 is 27.8 Å². The van der Waals surface area contributed by atoms with E-state index in [4.69, 9.17) is 0 Å². The Morgan fingerprint density at radius 2 is 2.06 bits per heavy atom. The topological polar surface area (TPSA) is 76.5 Å². The molecule has 0 saturated carbocycles. The molecule has 3 aromatic rings. The van der Waals surface area contributed by atoms with E-state index in [1.165, 1.54) is 22.7 Å². The monoisotopic (exact) mass is 276 g/mol. The van der Waals surface area contributed by atoms with E-state index in [2.05, 4.69) is 30.5 Å². The van der Waals surface area contributed by atoms with E-state index < -0.39 is 0 Å². The second kappa shape index (κ2) is 4.75. The molecule has 3 aromatic heterocycles. The first-order valence-electron chi connectivity index (χ1n) is 5.10. The van der Waals surface area contributed by atoms with Crippen LogP contribution in [0.3, 0.4) is 0 Å². The Labute approximate surface area is 111 Å². The Kier molecular flexibility index (Phi) is 2.95. The molecule has 0 aliphatic rings. The fraction of sp³-hybridized carbons (Fsp3) is 0.100. The van der Waals surface area contributed by atoms with Gasteiger partial charge in [0.15, 0.2) is 5.01 Å². The van der Waals surface area contributed by atoms with Crippen molar-refractivity contribution < 1.29 is 0 Å². The van der Waals surface area contributed by atoms with Crippen LogP contribution >= 0.6 is 22.7 Å². The number of thiazole rings is 1. The van der Waals surface area contributed by atoms with Crippen molar-refractivity contribution in [2.75, 3.05) is 12.4 Å². The Bertz CT molecular complexity index is 647. The lowest BCUT2D eigenvalue weighted by Crippen LogP contribution is -1.84. The molecule has 0 aliphatic carbocycles. The summed E-state index contributed by atoms with van der Waals surface area (Å²) in [7, 11) is 1.82. The second-order valence-electron chi connectivity index (χ2n) is 3.29. The predicted molar refractivity (Wildman–Crippen MR) is 71.6 cm³/mol. The molecule has 0 saturated heterocycles. The summed E-state index contributed by atoms with van der Waals surface area (Å²) in [6.07, 6.45) is 4.99. The first-order chi connectivity index (χ1) is 8.86. The fourth-order valence-electron chi connectivity index (χ4n) is 1.33. The first kappa shape index (κ1) is 11.2. The van der Waals surface area contributed by atoms with Crippen molar-refractivity contribution in [3.8, 4) is 21.4 Å². The van der Waals surface area contributed by atoms with E-state index in [0.29, 0.717) is 0 Å². The Balaban J connectivity index is 1.94. The van der Waals surface area contributed by atoms with E-state index in [0.717, 1.165) is 26.5 Å². The molecule has 3 rings (SSSR count). The third-order valence-corrected chi connectivity index (χ3v) is 3.97. The molecule has 8 heteroatoms. The minimum Gasteiger partial charge on any atom is -0.363 e. The molecule has 3 heterocycles. The zero-order valence-corrected chi connectivity index (χ0v) is 11.0. The van der Waals surface area contributed by atoms with Gasteiger partial charge in [-0.15, -0.1) is 21.5 Å². The molecule has 0 spiro atoms. The van der Waals surface area contributed by atoms with Gasteiger partial charge in [-0.05, 0) is 0 Å². The number of aromatic nitrogens is 5. The van der Waals surface area contributed by atoms with Gasteiger partial charge in [0.05, 0.1) is 6.20 Å². The van der Waals surface area contributed by atoms with Crippen LogP contribution in [-0.2, 0) is 0 Å². The molecular formula is C10H8N6S2. The van der Waals surface area contributed by atoms with Crippen molar-refractivity contribution in [2.24, 2.45) is 0 Å². The summed E-state index contributed by atoms with van der Waals surface area (Å²) in [4.78, 5) is 12.7. The van der Waals surface area contributed by atoms with Gasteiger partial charge in [0.2, 0.25) is 5.13 Å². The van der Waals surface area contributed by atoms with Gasteiger partial charge in [0, 0.05) is 24.8 Å². The van der Waals surface area contributed by atoms with Gasteiger partial charge in [-0.2, -0.15) is 0 Å². The summed E-state index contributed by atoms with van der Waals surface area (Å²) in [6.45, 7) is 0. The van der Waals surface area contributed by atoms with Crippen LogP contribution < -0.4 is 5.32 Å². The summed E-state index contributed by atoms with van der Waals surface area (Å²) in [5.41, 5.74) is 1.59. The van der Waals surface area contributed by atoms with Crippen LogP contribution in [0.1, 0.15) is 0 Å². The van der Waals surface area contributed by atoms with Gasteiger partial charge in [-0.25, -0.2) is 4.98 Å². The third-order valence-electron chi connectivity index (χ3n) is 2.14. The van der Waals surface area contributed by atoms with Gasteiger partial charge in [-0.3, -0.25) is 9.97 Å². The maximum atomic E-state index is 4.49. The van der Waals surface area contributed by atoms with Crippen LogP contribution in [0, 0.1) is 0 Å². The average Bonchev–Trinajstić information content (AvgIpc) is 3.08. The number of nitrogens with zero attached hydrogens (tertiary/aromatic N) is 5. The minimum atomic E-state index is 0.770. The van der Waals surface area contributed by atoms with Crippen LogP contribution in [0.2, 0.25) is 0 Å². The number of nitrogens with one attached hydrogen (secondary N) is 1. The van der Waals surface area contributed by atoms with Gasteiger partial charge in [0.1, 0.15) is 16.4 Å². The summed E-state index contributed by atoms with van der Waals surface area (Å²) in [5.74, 6) is 0. The molecule has 6 nitrogen and oxygen atoms in total. The molecule has 0 aromatic carbocycles. The van der Waals surface area contributed by atoms with Gasteiger partial charge in [0.25, 0.3) is 0 Å². The summed E-state index contributed by atoms with van der Waals surface area (Å²) >= 11 is 2.99. The molecular weight excluding hydrogens is 268 g/mol. The maximum absolute atomic E-state index is 4.49. The van der Waals surface area contributed by atoms with Crippen molar-refractivity contribution in [1.82, 2.24) is 25.1 Å². The highest BCUT2D eigenvalue weighted by Crippen LogP contribution is 2.30. The third kappa shape index (κ3) is 2.07. The van der Waals surface area contributed by atoms with Gasteiger partial charge in [-0.1, -0.05) is 11.3 Å². The quantitative estimate of drug-likeness (QED) is 0.790. The van der Waals surface area contributed by atoms with Crippen molar-refractivity contribution in [1.29, 1.82) is 0 Å². The Hall–Kier alpha value is -1.93. The maximum Gasteiger partial charge on any atom is 0.205 e. The minimum absolute atomic E-state index is 0.770. The standard InChI is InChI=1S/C10H8N6S2/c1-11-10-16-15-9(18-10)7-5-17-8(14-7)6-4-12-2-3-13-6/h2-5H,1H3,(H,11,16). The van der Waals surface area contributed by atoms with E-state index in [1.54, 1.807) is 18.6 Å². The predicted octanol–water partition coefficient (Wildman–Crippen LogP) is 2.16. The normalized spacial score (nSPS) is 10.5. The molecule has 1 N–H and O–H groups in total. The van der Waals surface area contributed by atoms with Crippen molar-refractivity contribution in [2.45, 2.75) is 0 Å². The molecule has 0 bridgehead atoms. The second-order valence-corrected chi connectivity index (χ2v) is 5.13. The van der Waals surface area contributed by atoms with Crippen molar-refractivity contribution in [3.05, 3.63) is 24.0 Å². The van der Waals surface area contributed by atoms with E-state index in [-0.39, 0.29) is 0 Å². The largest absolute Gasteiger partial charge is 0.363 e. The van der Waals surface area contributed by atoms with E-state index >= 15 is 0 Å². The highest BCUT2D eigenvalue weighted by atomic mass is 32.1. The SMILES string of the molecule is CNc1nnc(-c2csc(-c3cnccn3)n2)s1. The zero-order chi connectivity index (χ0) is 12.4. The Morgan fingerprint density at radius 3 is 2.78 bits per heavy atom. The summed E-state index contributed by atoms with van der Waals surface area (Å²) < 4.78 is 0. The van der Waals surface area contributed by atoms with E-state index in [9.17, 15) is 0 Å². The smallest absolute Gasteiger partial charge is 0.205 e. The Morgan fingerprint density at radius 1 is 1.11 bits per heavy atom. The highest BCUT2D eigenvalue weighted by Gasteiger charge is 2.11. The lowest BCUT2D eigenvalue weighted by molar-refractivity contribution is 1.09. The number of anilines is 1. The van der Waals surface area contributed by atoms with E-state index in [1.807, 2.05) is 12.4 Å². The van der Waals surface area contributed by atoms with Crippen LogP contribution in [0.25, 0.3) is 21.4 Å². The first-order valence-corrected chi connectivity index (χ1v) is 6.80. The molecule has 0 amide bonds. The fourth-order valence-corrected chi connectivity index (χ4v) is 2.82. The average molecular weight is 276 g/mol. The highest BCUT2D eigenvalue weighted by molar-refractivity contribution is 7.19. The molecule has 0 unspecified atom stereocenters. The molecule has 90 valence electrons. The molecule has 0 aliphatic heterocycles. The van der Waals surface area contributed by atoms with Crippen LogP contribution in [0.15, 0.2) is 24.0 Å². The molecule has 0 fully saturated rings. The lowest BCUT2D eigenvalue weighted by Gasteiger charge is -1.91. The van der Waals surface area contributed by atoms with Crippen LogP contribution in [-0.4, -0.2) is 32.2 Å². The number of hydrogen-bond donors (Lipinski definition) is 1. The molecule has 0 atom stereocenters. The van der Waals surface area contributed by atoms with Gasteiger partial charge >= 0.3 is 0 Å². The van der Waals surface area contributed by atoms with Gasteiger partial charge < -0.3 is 5.32 Å². The number of rotatable bonds is 3. The molecule has 0 radical (unpaired) electrons. The number of hydrogen-bond acceptors (Lipinski definition) is 8. The molecule has 18 heavy (non-hydrogen) atoms. The van der Waals surface area contributed by atoms with Crippen LogP contribution in [0.5, 0.6) is 0 Å². The zero-order valence-electron chi connectivity index (χ0n) is 9.36. The van der Waals surface area contributed by atoms with Crippen LogP contribution in [0.4, 0.5) is 5.13 Å². The summed E-state index contributed by atoms with van der Waals surface area (Å²) in [5, 5.41) is 15.4. The lowest BCUT2D eigenvalue weighted by atomic mass is 10.4. The van der Waals surface area contributed by atoms with Crippen molar-refractivity contribution in [3.63, 3.8) is 0 Å².